The molecule has 31 heteroatoms. The number of nitrogens with two attached hydrogens (primary N) is 4. The number of rotatable bonds is 36. The highest BCUT2D eigenvalue weighted by molar-refractivity contribution is 5.99. The van der Waals surface area contributed by atoms with E-state index in [0.717, 1.165) is 0 Å². The van der Waals surface area contributed by atoms with Gasteiger partial charge in [0.1, 0.15) is 60.4 Å². The van der Waals surface area contributed by atoms with E-state index >= 15 is 0 Å². The van der Waals surface area contributed by atoms with Gasteiger partial charge in [-0.3, -0.25) is 57.7 Å². The third-order valence-corrected chi connectivity index (χ3v) is 15.1. The zero-order valence-corrected chi connectivity index (χ0v) is 51.5. The van der Waals surface area contributed by atoms with E-state index in [0.29, 0.717) is 25.0 Å². The smallest absolute Gasteiger partial charge is 0.326 e. The third-order valence-electron chi connectivity index (χ3n) is 15.1. The number of aliphatic hydroxyl groups is 1. The summed E-state index contributed by atoms with van der Waals surface area (Å²) in [5, 5.41) is 41.6. The topological polar surface area (TPSA) is 493 Å². The summed E-state index contributed by atoms with van der Waals surface area (Å²) < 4.78 is 0. The van der Waals surface area contributed by atoms with Crippen LogP contribution in [0.2, 0.25) is 0 Å². The molecular formula is C56H95N17O14. The Hall–Kier alpha value is -7.96. The summed E-state index contributed by atoms with van der Waals surface area (Å²) in [4.78, 5) is 178. The first-order valence-electron chi connectivity index (χ1n) is 29.9. The highest BCUT2D eigenvalue weighted by Gasteiger charge is 2.46. The average molecular weight is 1230 g/mol. The van der Waals surface area contributed by atoms with Gasteiger partial charge in [-0.2, -0.15) is 0 Å². The Morgan fingerprint density at radius 2 is 1.17 bits per heavy atom. The minimum atomic E-state index is -1.53. The molecule has 2 aliphatic heterocycles. The maximum Gasteiger partial charge on any atom is 0.326 e. The molecule has 0 unspecified atom stereocenters. The van der Waals surface area contributed by atoms with Crippen molar-refractivity contribution in [3.8, 4) is 0 Å². The van der Waals surface area contributed by atoms with Crippen LogP contribution in [-0.4, -0.2) is 200 Å². The fraction of sp³-hybridized carbons (Fsp3) is 0.714. The second kappa shape index (κ2) is 35.6. The molecule has 31 nitrogen and oxygen atoms in total. The van der Waals surface area contributed by atoms with Gasteiger partial charge in [0.2, 0.25) is 65.0 Å². The molecule has 3 heterocycles. The van der Waals surface area contributed by atoms with E-state index in [9.17, 15) is 67.7 Å². The quantitative estimate of drug-likeness (QED) is 0.0175. The first-order chi connectivity index (χ1) is 40.9. The number of nitrogens with one attached hydrogen (secondary N) is 9. The molecule has 19 N–H and O–H groups in total. The maximum atomic E-state index is 14.6. The summed E-state index contributed by atoms with van der Waals surface area (Å²) >= 11 is 0. The number of carboxylic acids is 1. The SMILES string of the molecule is CC[C@H](C)[C@H](NC(=O)[C@H](CC(C)C)NC(=O)[C@H](Cc1cnc[nH]1)NC(=O)[C@H](CCC(N)=O)NC(=O)[C@@H]1CCCN1C(=O)[C@@H]1CCCN1C(=O)[C@@H](NC(=O)[C@H](CC(C)C)NC(=O)CN)[C@@H](C)O)C(=O)N[C@@H](CCCN=C(N)N)C(=O)N[C@H](C(=O)O)C(C)C. The van der Waals surface area contributed by atoms with Crippen LogP contribution in [0.1, 0.15) is 139 Å². The number of aliphatic hydroxyl groups excluding tert-OH is 1. The monoisotopic (exact) mass is 1230 g/mol. The molecule has 1 aromatic heterocycles. The number of aromatic amines is 1. The zero-order chi connectivity index (χ0) is 65.4. The molecule has 87 heavy (non-hydrogen) atoms. The van der Waals surface area contributed by atoms with E-state index < -0.39 is 162 Å². The molecule has 0 radical (unpaired) electrons. The Labute approximate surface area is 507 Å². The first kappa shape index (κ1) is 73.3. The molecule has 0 spiro atoms. The largest absolute Gasteiger partial charge is 0.480 e. The summed E-state index contributed by atoms with van der Waals surface area (Å²) in [6.07, 6.45) is 2.03. The van der Waals surface area contributed by atoms with Gasteiger partial charge in [-0.1, -0.05) is 61.8 Å². The molecule has 2 saturated heterocycles. The van der Waals surface area contributed by atoms with Crippen molar-refractivity contribution in [2.75, 3.05) is 26.2 Å². The number of nitrogens with zero attached hydrogens (tertiary/aromatic N) is 4. The average Bonchev–Trinajstić information content (AvgIpc) is 2.63. The molecule has 2 fully saturated rings. The van der Waals surface area contributed by atoms with Gasteiger partial charge in [0.05, 0.1) is 19.0 Å². The molecule has 0 bridgehead atoms. The number of likely N-dealkylation sites (tertiary alicyclic amines) is 2. The molecule has 11 amide bonds. The molecule has 0 saturated carbocycles. The van der Waals surface area contributed by atoms with Gasteiger partial charge >= 0.3 is 5.97 Å². The van der Waals surface area contributed by atoms with E-state index in [2.05, 4.69) is 57.5 Å². The number of primary amides is 1. The van der Waals surface area contributed by atoms with Crippen LogP contribution >= 0.6 is 0 Å². The summed E-state index contributed by atoms with van der Waals surface area (Å²) in [6.45, 7) is 15.0. The maximum absolute atomic E-state index is 14.6. The van der Waals surface area contributed by atoms with E-state index in [-0.39, 0.29) is 88.8 Å². The van der Waals surface area contributed by atoms with Crippen molar-refractivity contribution in [1.29, 1.82) is 0 Å². The van der Waals surface area contributed by atoms with Crippen molar-refractivity contribution < 1.29 is 67.7 Å². The number of aliphatic imine (C=N–C) groups is 1. The van der Waals surface area contributed by atoms with Gasteiger partial charge in [0, 0.05) is 44.4 Å². The van der Waals surface area contributed by atoms with Crippen LogP contribution < -0.4 is 65.5 Å². The summed E-state index contributed by atoms with van der Waals surface area (Å²) in [7, 11) is 0. The summed E-state index contributed by atoms with van der Waals surface area (Å²) in [5.74, 6) is -11.4. The zero-order valence-electron chi connectivity index (χ0n) is 51.5. The highest BCUT2D eigenvalue weighted by Crippen LogP contribution is 2.27. The van der Waals surface area contributed by atoms with Gasteiger partial charge in [0.25, 0.3) is 0 Å². The summed E-state index contributed by atoms with van der Waals surface area (Å²) in [6, 6.07) is -13.1. The number of hydrogen-bond acceptors (Lipinski definition) is 16. The van der Waals surface area contributed by atoms with Crippen LogP contribution in [0.25, 0.3) is 0 Å². The summed E-state index contributed by atoms with van der Waals surface area (Å²) in [5.41, 5.74) is 22.3. The normalized spacial score (nSPS) is 18.3. The van der Waals surface area contributed by atoms with Crippen molar-refractivity contribution in [2.45, 2.75) is 206 Å². The van der Waals surface area contributed by atoms with Crippen molar-refractivity contribution in [3.05, 3.63) is 18.2 Å². The molecule has 0 aromatic carbocycles. The minimum Gasteiger partial charge on any atom is -0.480 e. The molecule has 1 aromatic rings. The van der Waals surface area contributed by atoms with Crippen molar-refractivity contribution in [1.82, 2.24) is 62.3 Å². The Morgan fingerprint density at radius 1 is 0.655 bits per heavy atom. The predicted molar refractivity (Wildman–Crippen MR) is 317 cm³/mol. The van der Waals surface area contributed by atoms with Crippen LogP contribution in [0.3, 0.4) is 0 Å². The van der Waals surface area contributed by atoms with Crippen molar-refractivity contribution >= 4 is 76.9 Å². The van der Waals surface area contributed by atoms with Crippen LogP contribution in [0.4, 0.5) is 0 Å². The fourth-order valence-electron chi connectivity index (χ4n) is 10.2. The molecule has 488 valence electrons. The lowest BCUT2D eigenvalue weighted by Gasteiger charge is -2.34. The van der Waals surface area contributed by atoms with Crippen molar-refractivity contribution in [2.24, 2.45) is 51.6 Å². The number of hydrogen-bond donors (Lipinski definition) is 15. The second-order valence-electron chi connectivity index (χ2n) is 23.6. The number of carboxylic acid groups (broad SMARTS) is 1. The van der Waals surface area contributed by atoms with Gasteiger partial charge < -0.3 is 90.5 Å². The number of carbonyl (C=O) groups is 12. The Kier molecular flexibility index (Phi) is 30.0. The van der Waals surface area contributed by atoms with Crippen LogP contribution in [-0.2, 0) is 64.0 Å². The standard InChI is InChI=1S/C56H95N17O14/c1-10-31(8)44(52(83)66-34(14-11-19-62-56(59)60)47(78)69-43(30(6)7)55(86)87)70-50(81)37(23-29(4)5)67-48(79)38(24-33-26-61-27-63-33)68-46(77)35(17-18-41(58)75)65-51(82)39-15-12-20-72(39)53(84)40-16-13-21-73(40)54(85)45(32(9)74)71-49(80)36(22-28(2)3)64-42(76)25-57/h26-32,34-40,43-45,74H,10-25,57H2,1-9H3,(H2,58,75)(H,61,63)(H,64,76)(H,65,82)(H,66,83)(H,67,79)(H,68,77)(H,69,78)(H,70,81)(H,71,80)(H,86,87)(H4,59,60,62)/t31-,32+,34-,35-,36-,37-,38-,39-,40-,43-,44-,45-/m0/s1. The molecule has 2 aliphatic rings. The third kappa shape index (κ3) is 23.3. The lowest BCUT2D eigenvalue weighted by Crippen LogP contribution is -2.61. The number of H-pyrrole nitrogens is 1. The van der Waals surface area contributed by atoms with Gasteiger partial charge in [-0.05, 0) is 88.4 Å². The molecule has 3 rings (SSSR count). The van der Waals surface area contributed by atoms with Crippen LogP contribution in [0.15, 0.2) is 17.5 Å². The number of guanidine groups is 1. The van der Waals surface area contributed by atoms with Crippen LogP contribution in [0, 0.1) is 23.7 Å². The van der Waals surface area contributed by atoms with Gasteiger partial charge in [0.15, 0.2) is 5.96 Å². The lowest BCUT2D eigenvalue weighted by atomic mass is 9.96. The Bertz CT molecular complexity index is 2560. The lowest BCUT2D eigenvalue weighted by molar-refractivity contribution is -0.149. The molecule has 12 atom stereocenters. The number of carbonyl (C=O) groups excluding carboxylic acids is 11. The minimum absolute atomic E-state index is 0.0203. The first-order valence-corrected chi connectivity index (χ1v) is 29.9. The fourth-order valence-corrected chi connectivity index (χ4v) is 10.2. The van der Waals surface area contributed by atoms with Crippen LogP contribution in [0.5, 0.6) is 0 Å². The van der Waals surface area contributed by atoms with E-state index in [1.54, 1.807) is 41.5 Å². The molecule has 0 aliphatic carbocycles. The van der Waals surface area contributed by atoms with Gasteiger partial charge in [-0.25, -0.2) is 9.78 Å². The van der Waals surface area contributed by atoms with E-state index in [1.807, 2.05) is 13.8 Å². The predicted octanol–water partition coefficient (Wildman–Crippen LogP) is -3.65. The Morgan fingerprint density at radius 3 is 1.70 bits per heavy atom. The van der Waals surface area contributed by atoms with E-state index in [1.165, 1.54) is 29.2 Å². The molecular weight excluding hydrogens is 1130 g/mol. The van der Waals surface area contributed by atoms with Crippen molar-refractivity contribution in [3.63, 3.8) is 0 Å². The van der Waals surface area contributed by atoms with Gasteiger partial charge in [-0.15, -0.1) is 0 Å². The Balaban J connectivity index is 1.90. The number of aliphatic carboxylic acids is 1. The van der Waals surface area contributed by atoms with E-state index in [4.69, 9.17) is 22.9 Å². The number of amides is 11. The second-order valence-corrected chi connectivity index (χ2v) is 23.6. The number of imidazole rings is 1. The highest BCUT2D eigenvalue weighted by atomic mass is 16.4. The number of aromatic nitrogens is 2.